The lowest BCUT2D eigenvalue weighted by Gasteiger charge is -2.43. The molecule has 0 N–H and O–H groups in total. The number of ketones is 1. The monoisotopic (exact) mass is 436 g/mol. The maximum absolute atomic E-state index is 12.9. The molecule has 0 amide bonds. The fourth-order valence-corrected chi connectivity index (χ4v) is 6.12. The number of hydrogen-bond donors (Lipinski definition) is 0. The zero-order valence-electron chi connectivity index (χ0n) is 19.2. The smallest absolute Gasteiger partial charge is 0.311 e. The molecule has 0 aromatic heterocycles. The van der Waals surface area contributed by atoms with Gasteiger partial charge in [0.2, 0.25) is 0 Å². The molecule has 4 aliphatic rings. The Bertz CT molecular complexity index is 991. The van der Waals surface area contributed by atoms with Gasteiger partial charge in [0, 0.05) is 49.6 Å². The van der Waals surface area contributed by atoms with Gasteiger partial charge in [-0.25, -0.2) is 0 Å². The van der Waals surface area contributed by atoms with Crippen LogP contribution in [0, 0.1) is 17.3 Å². The number of ether oxygens (including phenoxy) is 2. The number of rotatable bonds is 4. The summed E-state index contributed by atoms with van der Waals surface area (Å²) in [5.74, 6) is 0.882. The maximum atomic E-state index is 12.9. The molecule has 6 nitrogen and oxygen atoms in total. The third-order valence-electron chi connectivity index (χ3n) is 7.98. The molecule has 0 bridgehead atoms. The van der Waals surface area contributed by atoms with E-state index in [4.69, 9.17) is 9.47 Å². The third kappa shape index (κ3) is 3.45. The van der Waals surface area contributed by atoms with Crippen molar-refractivity contribution in [3.8, 4) is 5.75 Å². The molecule has 0 unspecified atom stereocenters. The number of piperazine rings is 1. The summed E-state index contributed by atoms with van der Waals surface area (Å²) in [4.78, 5) is 30.0. The van der Waals surface area contributed by atoms with Crippen LogP contribution in [-0.4, -0.2) is 62.6 Å². The highest BCUT2D eigenvalue weighted by molar-refractivity contribution is 6.05. The van der Waals surface area contributed by atoms with Gasteiger partial charge >= 0.3 is 5.97 Å². The van der Waals surface area contributed by atoms with Gasteiger partial charge in [-0.2, -0.15) is 0 Å². The number of fused-ring (bicyclic) bond motifs is 3. The minimum atomic E-state index is -0.255. The zero-order chi connectivity index (χ0) is 22.5. The summed E-state index contributed by atoms with van der Waals surface area (Å²) in [6.45, 7) is 8.39. The fraction of sp³-hybridized carbons (Fsp3) is 0.538. The van der Waals surface area contributed by atoms with Gasteiger partial charge in [0.1, 0.15) is 11.9 Å². The molecule has 4 atom stereocenters. The summed E-state index contributed by atoms with van der Waals surface area (Å²) in [6, 6.07) is 8.12. The van der Waals surface area contributed by atoms with Crippen LogP contribution in [0.2, 0.25) is 0 Å². The second kappa shape index (κ2) is 8.07. The predicted octanol–water partition coefficient (Wildman–Crippen LogP) is 3.23. The van der Waals surface area contributed by atoms with Crippen molar-refractivity contribution in [1.82, 2.24) is 4.90 Å². The van der Waals surface area contributed by atoms with Crippen LogP contribution in [0.25, 0.3) is 0 Å². The molecule has 5 rings (SSSR count). The number of allylic oxidation sites excluding steroid dienone is 3. The van der Waals surface area contributed by atoms with E-state index in [0.29, 0.717) is 0 Å². The average molecular weight is 437 g/mol. The van der Waals surface area contributed by atoms with E-state index in [0.717, 1.165) is 68.1 Å². The Hall–Kier alpha value is -2.60. The molecule has 1 saturated carbocycles. The predicted molar refractivity (Wildman–Crippen MR) is 123 cm³/mol. The first-order valence-corrected chi connectivity index (χ1v) is 11.7. The maximum Gasteiger partial charge on any atom is 0.311 e. The summed E-state index contributed by atoms with van der Waals surface area (Å²) in [7, 11) is 1.71. The number of carbonyl (C=O) groups excluding carboxylic acids is 2. The fourth-order valence-electron chi connectivity index (χ4n) is 6.12. The van der Waals surface area contributed by atoms with Gasteiger partial charge in [0.05, 0.1) is 18.7 Å². The first-order valence-electron chi connectivity index (χ1n) is 11.7. The molecule has 2 saturated heterocycles. The highest BCUT2D eigenvalue weighted by atomic mass is 16.6. The molecule has 2 heterocycles. The molecule has 0 spiro atoms. The van der Waals surface area contributed by atoms with Gasteiger partial charge in [-0.05, 0) is 43.5 Å². The Balaban J connectivity index is 1.27. The van der Waals surface area contributed by atoms with Crippen LogP contribution >= 0.6 is 0 Å². The minimum Gasteiger partial charge on any atom is -0.495 e. The van der Waals surface area contributed by atoms with Crippen molar-refractivity contribution in [3.05, 3.63) is 47.6 Å². The second-order valence-electron chi connectivity index (χ2n) is 9.78. The largest absolute Gasteiger partial charge is 0.495 e. The number of hydrogen-bond acceptors (Lipinski definition) is 6. The quantitative estimate of drug-likeness (QED) is 0.676. The van der Waals surface area contributed by atoms with Crippen molar-refractivity contribution < 1.29 is 19.1 Å². The lowest BCUT2D eigenvalue weighted by atomic mass is 9.61. The number of anilines is 1. The Morgan fingerprint density at radius 1 is 1.16 bits per heavy atom. The minimum absolute atomic E-state index is 0.0464. The van der Waals surface area contributed by atoms with Crippen LogP contribution in [0.5, 0.6) is 5.75 Å². The van der Waals surface area contributed by atoms with Crippen LogP contribution in [-0.2, 0) is 14.3 Å². The normalized spacial score (nSPS) is 32.6. The summed E-state index contributed by atoms with van der Waals surface area (Å²) >= 11 is 0. The van der Waals surface area contributed by atoms with Crippen molar-refractivity contribution in [2.75, 3.05) is 44.7 Å². The number of carbonyl (C=O) groups is 2. The molecule has 2 aliphatic heterocycles. The van der Waals surface area contributed by atoms with E-state index in [2.05, 4.69) is 22.8 Å². The molecule has 1 aromatic rings. The van der Waals surface area contributed by atoms with Crippen LogP contribution in [0.15, 0.2) is 47.6 Å². The molecule has 170 valence electrons. The van der Waals surface area contributed by atoms with E-state index in [1.807, 2.05) is 31.2 Å². The number of esters is 1. The van der Waals surface area contributed by atoms with Crippen LogP contribution in [0.4, 0.5) is 5.69 Å². The lowest BCUT2D eigenvalue weighted by Crippen LogP contribution is -2.49. The molecule has 1 aromatic carbocycles. The van der Waals surface area contributed by atoms with E-state index in [9.17, 15) is 9.59 Å². The van der Waals surface area contributed by atoms with Crippen molar-refractivity contribution in [3.63, 3.8) is 0 Å². The van der Waals surface area contributed by atoms with E-state index in [-0.39, 0.29) is 35.1 Å². The highest BCUT2D eigenvalue weighted by Gasteiger charge is 2.54. The van der Waals surface area contributed by atoms with Gasteiger partial charge in [-0.3, -0.25) is 14.5 Å². The first kappa shape index (κ1) is 21.3. The molecule has 32 heavy (non-hydrogen) atoms. The zero-order valence-corrected chi connectivity index (χ0v) is 19.2. The summed E-state index contributed by atoms with van der Waals surface area (Å²) in [5, 5.41) is 0. The van der Waals surface area contributed by atoms with E-state index in [1.54, 1.807) is 13.2 Å². The number of para-hydroxylation sites is 2. The Kier molecular flexibility index (Phi) is 5.36. The van der Waals surface area contributed by atoms with Gasteiger partial charge < -0.3 is 14.4 Å². The molecular formula is C26H32N2O4. The molecule has 2 aliphatic carbocycles. The third-order valence-corrected chi connectivity index (χ3v) is 7.98. The number of benzene rings is 1. The summed E-state index contributed by atoms with van der Waals surface area (Å²) in [6.07, 6.45) is 5.36. The molecule has 6 heteroatoms. The van der Waals surface area contributed by atoms with Crippen LogP contribution in [0.3, 0.4) is 0 Å². The summed E-state index contributed by atoms with van der Waals surface area (Å²) < 4.78 is 11.5. The van der Waals surface area contributed by atoms with Crippen LogP contribution in [0.1, 0.15) is 26.7 Å². The van der Waals surface area contributed by atoms with Gasteiger partial charge in [0.15, 0.2) is 5.78 Å². The molecule has 0 radical (unpaired) electrons. The number of nitrogens with zero attached hydrogens (tertiary/aromatic N) is 2. The topological polar surface area (TPSA) is 59.1 Å². The van der Waals surface area contributed by atoms with Crippen molar-refractivity contribution >= 4 is 17.4 Å². The van der Waals surface area contributed by atoms with Crippen LogP contribution < -0.4 is 9.64 Å². The Morgan fingerprint density at radius 3 is 2.66 bits per heavy atom. The van der Waals surface area contributed by atoms with Crippen molar-refractivity contribution in [1.29, 1.82) is 0 Å². The van der Waals surface area contributed by atoms with E-state index >= 15 is 0 Å². The Morgan fingerprint density at radius 2 is 1.91 bits per heavy atom. The highest BCUT2D eigenvalue weighted by Crippen LogP contribution is 2.53. The standard InChI is InChI=1S/C26H32N2O4/c1-17-21(29)9-11-26(2)10-8-18-19(25(30)32-24(18)23(17)26)16-27-12-14-28(15-13-27)20-6-4-5-7-22(20)31-3/h4-7,9,11,18-19,24H,8,10,12-16H2,1-3H3/t18-,19-,24-,26-/m0/s1. The number of methoxy groups -OCH3 is 1. The second-order valence-corrected chi connectivity index (χ2v) is 9.78. The SMILES string of the molecule is COc1ccccc1N1CCN(C[C@@H]2C(=O)O[C@@H]3C4=C(C)C(=O)C=C[C@]4(C)CC[C@@H]23)CC1. The van der Waals surface area contributed by atoms with Gasteiger partial charge in [-0.1, -0.05) is 25.1 Å². The van der Waals surface area contributed by atoms with Crippen molar-refractivity contribution in [2.45, 2.75) is 32.8 Å². The van der Waals surface area contributed by atoms with Gasteiger partial charge in [-0.15, -0.1) is 0 Å². The molecular weight excluding hydrogens is 404 g/mol. The van der Waals surface area contributed by atoms with E-state index < -0.39 is 0 Å². The Labute approximate surface area is 189 Å². The lowest BCUT2D eigenvalue weighted by molar-refractivity contribution is -0.144. The van der Waals surface area contributed by atoms with Crippen molar-refractivity contribution in [2.24, 2.45) is 17.3 Å². The first-order chi connectivity index (χ1) is 15.4. The van der Waals surface area contributed by atoms with E-state index in [1.165, 1.54) is 0 Å². The molecule has 3 fully saturated rings. The summed E-state index contributed by atoms with van der Waals surface area (Å²) in [5.41, 5.74) is 2.76. The van der Waals surface area contributed by atoms with Gasteiger partial charge in [0.25, 0.3) is 0 Å². The average Bonchev–Trinajstić information content (AvgIpc) is 3.11.